The van der Waals surface area contributed by atoms with Gasteiger partial charge in [0.1, 0.15) is 16.3 Å². The molecule has 0 spiro atoms. The topological polar surface area (TPSA) is 64.7 Å². The molecule has 0 bridgehead atoms. The number of nitrogens with zero attached hydrogens (tertiary/aromatic N) is 3. The van der Waals surface area contributed by atoms with E-state index >= 15 is 0 Å². The SMILES string of the molecule is Nc1nc(-c2ncc(Cl)cc2Cl)nc2sc3c(c12)CCC3. The fourth-order valence-electron chi connectivity index (χ4n) is 2.71. The molecule has 3 heterocycles. The van der Waals surface area contributed by atoms with Gasteiger partial charge in [-0.1, -0.05) is 23.2 Å². The van der Waals surface area contributed by atoms with Gasteiger partial charge in [0.25, 0.3) is 0 Å². The molecule has 0 radical (unpaired) electrons. The van der Waals surface area contributed by atoms with E-state index in [-0.39, 0.29) is 0 Å². The summed E-state index contributed by atoms with van der Waals surface area (Å²) in [7, 11) is 0. The zero-order chi connectivity index (χ0) is 14.6. The molecule has 0 atom stereocenters. The lowest BCUT2D eigenvalue weighted by molar-refractivity contribution is 0.917. The maximum Gasteiger partial charge on any atom is 0.183 e. The van der Waals surface area contributed by atoms with E-state index in [1.54, 1.807) is 17.4 Å². The maximum absolute atomic E-state index is 6.18. The number of aryl methyl sites for hydroxylation is 2. The molecule has 7 heteroatoms. The molecule has 21 heavy (non-hydrogen) atoms. The summed E-state index contributed by atoms with van der Waals surface area (Å²) in [4.78, 5) is 15.5. The van der Waals surface area contributed by atoms with Crippen LogP contribution >= 0.6 is 34.5 Å². The van der Waals surface area contributed by atoms with Crippen LogP contribution in [0.15, 0.2) is 12.3 Å². The molecule has 1 aliphatic carbocycles. The minimum Gasteiger partial charge on any atom is -0.383 e. The number of thiophene rings is 1. The van der Waals surface area contributed by atoms with Gasteiger partial charge in [0.05, 0.1) is 15.4 Å². The quantitative estimate of drug-likeness (QED) is 0.725. The van der Waals surface area contributed by atoms with Crippen molar-refractivity contribution >= 4 is 50.6 Å². The van der Waals surface area contributed by atoms with Crippen LogP contribution in [-0.2, 0) is 12.8 Å². The maximum atomic E-state index is 6.18. The second kappa shape index (κ2) is 4.80. The highest BCUT2D eigenvalue weighted by molar-refractivity contribution is 7.19. The standard InChI is InChI=1S/C14H10Cl2N4S/c15-6-4-8(16)11(18-5-6)13-19-12(17)10-7-2-1-3-9(7)21-14(10)20-13/h4-5H,1-3H2,(H2,17,19,20). The second-order valence-electron chi connectivity index (χ2n) is 4.95. The Bertz CT molecular complexity index is 875. The van der Waals surface area contributed by atoms with Crippen LogP contribution in [-0.4, -0.2) is 15.0 Å². The van der Waals surface area contributed by atoms with Gasteiger partial charge >= 0.3 is 0 Å². The summed E-state index contributed by atoms with van der Waals surface area (Å²) in [6, 6.07) is 1.63. The zero-order valence-corrected chi connectivity index (χ0v) is 13.2. The smallest absolute Gasteiger partial charge is 0.183 e. The van der Waals surface area contributed by atoms with Crippen molar-refractivity contribution in [3.8, 4) is 11.5 Å². The van der Waals surface area contributed by atoms with E-state index in [4.69, 9.17) is 28.9 Å². The molecule has 4 nitrogen and oxygen atoms in total. The number of hydrogen-bond donors (Lipinski definition) is 1. The monoisotopic (exact) mass is 336 g/mol. The molecule has 3 aromatic rings. The molecule has 4 rings (SSSR count). The molecule has 0 amide bonds. The van der Waals surface area contributed by atoms with Crippen molar-refractivity contribution in [3.63, 3.8) is 0 Å². The van der Waals surface area contributed by atoms with E-state index in [0.717, 1.165) is 23.1 Å². The lowest BCUT2D eigenvalue weighted by Gasteiger charge is -2.05. The van der Waals surface area contributed by atoms with Crippen LogP contribution in [0.3, 0.4) is 0 Å². The predicted octanol–water partition coefficient (Wildman–Crippen LogP) is 4.13. The van der Waals surface area contributed by atoms with Gasteiger partial charge in [-0.05, 0) is 30.9 Å². The van der Waals surface area contributed by atoms with Gasteiger partial charge in [0.2, 0.25) is 0 Å². The van der Waals surface area contributed by atoms with Crippen molar-refractivity contribution in [1.29, 1.82) is 0 Å². The summed E-state index contributed by atoms with van der Waals surface area (Å²) in [5.74, 6) is 0.948. The van der Waals surface area contributed by atoms with Crippen molar-refractivity contribution in [2.45, 2.75) is 19.3 Å². The van der Waals surface area contributed by atoms with Crippen LogP contribution in [0.1, 0.15) is 16.9 Å². The molecular formula is C14H10Cl2N4S. The van der Waals surface area contributed by atoms with Crippen molar-refractivity contribution < 1.29 is 0 Å². The highest BCUT2D eigenvalue weighted by Crippen LogP contribution is 2.39. The number of aromatic nitrogens is 3. The number of pyridine rings is 1. The number of nitrogen functional groups attached to an aromatic ring is 1. The Kier molecular flexibility index (Phi) is 3.03. The van der Waals surface area contributed by atoms with Gasteiger partial charge in [-0.3, -0.25) is 0 Å². The molecule has 0 aliphatic heterocycles. The fraction of sp³-hybridized carbons (Fsp3) is 0.214. The van der Waals surface area contributed by atoms with E-state index in [9.17, 15) is 0 Å². The van der Waals surface area contributed by atoms with Crippen molar-refractivity contribution in [3.05, 3.63) is 32.7 Å². The lowest BCUT2D eigenvalue weighted by atomic mass is 10.2. The van der Waals surface area contributed by atoms with E-state index in [1.807, 2.05) is 0 Å². The van der Waals surface area contributed by atoms with E-state index in [2.05, 4.69) is 15.0 Å². The second-order valence-corrected chi connectivity index (χ2v) is 6.88. The van der Waals surface area contributed by atoms with Crippen molar-refractivity contribution in [1.82, 2.24) is 15.0 Å². The Morgan fingerprint density at radius 3 is 2.86 bits per heavy atom. The van der Waals surface area contributed by atoms with Gasteiger partial charge in [-0.15, -0.1) is 11.3 Å². The Labute approximate surface area is 135 Å². The molecule has 0 fully saturated rings. The number of fused-ring (bicyclic) bond motifs is 3. The highest BCUT2D eigenvalue weighted by atomic mass is 35.5. The van der Waals surface area contributed by atoms with E-state index in [1.165, 1.54) is 23.1 Å². The van der Waals surface area contributed by atoms with E-state index in [0.29, 0.717) is 27.4 Å². The van der Waals surface area contributed by atoms with Gasteiger partial charge in [-0.25, -0.2) is 15.0 Å². The Morgan fingerprint density at radius 1 is 1.19 bits per heavy atom. The molecular weight excluding hydrogens is 327 g/mol. The van der Waals surface area contributed by atoms with Crippen LogP contribution in [0.5, 0.6) is 0 Å². The first-order valence-corrected chi connectivity index (χ1v) is 8.10. The molecule has 106 valence electrons. The predicted molar refractivity (Wildman–Crippen MR) is 87.1 cm³/mol. The molecule has 0 saturated carbocycles. The van der Waals surface area contributed by atoms with E-state index < -0.39 is 0 Å². The summed E-state index contributed by atoms with van der Waals surface area (Å²) in [6.45, 7) is 0. The number of nitrogens with two attached hydrogens (primary N) is 1. The summed E-state index contributed by atoms with van der Waals surface area (Å²) < 4.78 is 0. The Hall–Kier alpha value is -1.43. The highest BCUT2D eigenvalue weighted by Gasteiger charge is 2.22. The van der Waals surface area contributed by atoms with Crippen LogP contribution in [0.4, 0.5) is 5.82 Å². The van der Waals surface area contributed by atoms with Crippen LogP contribution in [0.25, 0.3) is 21.7 Å². The first kappa shape index (κ1) is 13.2. The number of rotatable bonds is 1. The summed E-state index contributed by atoms with van der Waals surface area (Å²) in [6.07, 6.45) is 4.87. The molecule has 3 aromatic heterocycles. The number of halogens is 2. The Balaban J connectivity index is 1.95. The third-order valence-electron chi connectivity index (χ3n) is 3.61. The minimum atomic E-state index is 0.422. The van der Waals surface area contributed by atoms with Gasteiger partial charge in [0, 0.05) is 11.1 Å². The molecule has 0 aromatic carbocycles. The Morgan fingerprint density at radius 2 is 2.05 bits per heavy atom. The number of hydrogen-bond acceptors (Lipinski definition) is 5. The largest absolute Gasteiger partial charge is 0.383 e. The summed E-state index contributed by atoms with van der Waals surface area (Å²) >= 11 is 13.7. The molecule has 0 saturated heterocycles. The third-order valence-corrected chi connectivity index (χ3v) is 5.29. The van der Waals surface area contributed by atoms with Gasteiger partial charge < -0.3 is 5.73 Å². The van der Waals surface area contributed by atoms with Crippen molar-refractivity contribution in [2.24, 2.45) is 0 Å². The lowest BCUT2D eigenvalue weighted by Crippen LogP contribution is -1.99. The van der Waals surface area contributed by atoms with Crippen LogP contribution in [0.2, 0.25) is 10.0 Å². The summed E-state index contributed by atoms with van der Waals surface area (Å²) in [5, 5.41) is 1.90. The average molecular weight is 337 g/mol. The zero-order valence-electron chi connectivity index (χ0n) is 10.9. The first-order chi connectivity index (χ1) is 10.1. The first-order valence-electron chi connectivity index (χ1n) is 6.52. The normalized spacial score (nSPS) is 13.8. The van der Waals surface area contributed by atoms with Crippen molar-refractivity contribution in [2.75, 3.05) is 5.73 Å². The van der Waals surface area contributed by atoms with Gasteiger partial charge in [-0.2, -0.15) is 0 Å². The average Bonchev–Trinajstić information content (AvgIpc) is 2.98. The fourth-order valence-corrected chi connectivity index (χ4v) is 4.44. The molecule has 2 N–H and O–H groups in total. The third kappa shape index (κ3) is 2.08. The number of anilines is 1. The van der Waals surface area contributed by atoms with Crippen LogP contribution < -0.4 is 5.73 Å². The summed E-state index contributed by atoms with van der Waals surface area (Å²) in [5.41, 5.74) is 7.97. The molecule has 0 unspecified atom stereocenters. The molecule has 1 aliphatic rings. The van der Waals surface area contributed by atoms with Crippen LogP contribution in [0, 0.1) is 0 Å². The van der Waals surface area contributed by atoms with Gasteiger partial charge in [0.15, 0.2) is 5.82 Å². The minimum absolute atomic E-state index is 0.422.